The second-order valence-corrected chi connectivity index (χ2v) is 10.3. The summed E-state index contributed by atoms with van der Waals surface area (Å²) in [5.74, 6) is 0.188. The van der Waals surface area contributed by atoms with Crippen molar-refractivity contribution >= 4 is 39.3 Å². The molecule has 4 aromatic rings. The van der Waals surface area contributed by atoms with Crippen molar-refractivity contribution in [2.24, 2.45) is 0 Å². The zero-order chi connectivity index (χ0) is 25.0. The van der Waals surface area contributed by atoms with Crippen LogP contribution in [0, 0.1) is 0 Å². The Kier molecular flexibility index (Phi) is 7.12. The number of hydrogen-bond acceptors (Lipinski definition) is 8. The number of anilines is 1. The summed E-state index contributed by atoms with van der Waals surface area (Å²) in [5, 5.41) is 2.82. The summed E-state index contributed by atoms with van der Waals surface area (Å²) in [7, 11) is -3.95. The molecule has 0 spiro atoms. The van der Waals surface area contributed by atoms with Crippen LogP contribution < -0.4 is 10.0 Å². The van der Waals surface area contributed by atoms with E-state index in [0.29, 0.717) is 40.2 Å². The molecule has 10 nitrogen and oxygen atoms in total. The molecule has 0 saturated carbocycles. The average molecular weight is 515 g/mol. The zero-order valence-electron chi connectivity index (χ0n) is 18.8. The summed E-state index contributed by atoms with van der Waals surface area (Å²) in [6.45, 7) is 2.99. The molecule has 2 amide bonds. The van der Waals surface area contributed by atoms with E-state index in [-0.39, 0.29) is 10.8 Å². The third-order valence-corrected chi connectivity index (χ3v) is 7.53. The number of thioether (sulfide) groups is 1. The first-order valence-corrected chi connectivity index (χ1v) is 12.9. The van der Waals surface area contributed by atoms with Crippen LogP contribution in [0.4, 0.5) is 5.69 Å². The van der Waals surface area contributed by atoms with Gasteiger partial charge in [-0.25, -0.2) is 18.1 Å². The molecule has 0 fully saturated rings. The Bertz CT molecular complexity index is 1360. The molecule has 3 aromatic heterocycles. The van der Waals surface area contributed by atoms with Crippen molar-refractivity contribution in [1.29, 1.82) is 0 Å². The number of furan rings is 2. The van der Waals surface area contributed by atoms with Crippen LogP contribution in [-0.2, 0) is 19.6 Å². The molecule has 3 N–H and O–H groups in total. The number of aromatic nitrogens is 2. The average Bonchev–Trinajstić information content (AvgIpc) is 3.58. The van der Waals surface area contributed by atoms with Crippen LogP contribution in [0.5, 0.6) is 0 Å². The van der Waals surface area contributed by atoms with E-state index in [2.05, 4.69) is 15.3 Å². The number of rotatable bonds is 9. The van der Waals surface area contributed by atoms with E-state index in [1.165, 1.54) is 36.0 Å². The molecule has 35 heavy (non-hydrogen) atoms. The topological polar surface area (TPSA) is 147 Å². The van der Waals surface area contributed by atoms with Crippen molar-refractivity contribution in [3.63, 3.8) is 0 Å². The third-order valence-electron chi connectivity index (χ3n) is 4.83. The lowest BCUT2D eigenvalue weighted by Crippen LogP contribution is -2.28. The van der Waals surface area contributed by atoms with E-state index in [0.717, 1.165) is 6.92 Å². The highest BCUT2D eigenvalue weighted by molar-refractivity contribution is 8.00. The van der Waals surface area contributed by atoms with Crippen LogP contribution in [0.2, 0.25) is 0 Å². The largest absolute Gasteiger partial charge is 0.463 e. The van der Waals surface area contributed by atoms with Crippen molar-refractivity contribution in [1.82, 2.24) is 14.7 Å². The van der Waals surface area contributed by atoms with E-state index in [4.69, 9.17) is 8.83 Å². The Morgan fingerprint density at radius 3 is 2.29 bits per heavy atom. The molecule has 1 unspecified atom stereocenters. The van der Waals surface area contributed by atoms with Crippen LogP contribution in [0.25, 0.3) is 22.9 Å². The van der Waals surface area contributed by atoms with Crippen LogP contribution in [-0.4, -0.2) is 35.5 Å². The molecule has 1 atom stereocenters. The first-order valence-electron chi connectivity index (χ1n) is 10.6. The SMILES string of the molecule is CCC(Sc1nc(-c2ccco2)c(-c2ccco2)[nH]1)C(=O)Nc1ccc(S(=O)(=O)NC(C)=O)cc1. The number of carbonyl (C=O) groups is 2. The fourth-order valence-corrected chi connectivity index (χ4v) is 5.14. The molecule has 12 heteroatoms. The van der Waals surface area contributed by atoms with Crippen molar-refractivity contribution in [3.8, 4) is 22.9 Å². The van der Waals surface area contributed by atoms with Crippen molar-refractivity contribution < 1.29 is 26.8 Å². The minimum Gasteiger partial charge on any atom is -0.463 e. The van der Waals surface area contributed by atoms with Gasteiger partial charge in [0.15, 0.2) is 16.7 Å². The van der Waals surface area contributed by atoms with Crippen LogP contribution in [0.15, 0.2) is 79.9 Å². The third kappa shape index (κ3) is 5.66. The Morgan fingerprint density at radius 2 is 1.71 bits per heavy atom. The van der Waals surface area contributed by atoms with Gasteiger partial charge in [-0.05, 0) is 55.0 Å². The molecule has 0 aliphatic heterocycles. The van der Waals surface area contributed by atoms with Gasteiger partial charge in [0.2, 0.25) is 11.8 Å². The van der Waals surface area contributed by atoms with Crippen LogP contribution >= 0.6 is 11.8 Å². The lowest BCUT2D eigenvalue weighted by atomic mass is 10.2. The maximum atomic E-state index is 12.9. The van der Waals surface area contributed by atoms with Gasteiger partial charge < -0.3 is 19.1 Å². The summed E-state index contributed by atoms with van der Waals surface area (Å²) >= 11 is 1.25. The Balaban J connectivity index is 1.50. The van der Waals surface area contributed by atoms with Crippen molar-refractivity contribution in [2.45, 2.75) is 35.6 Å². The number of H-pyrrole nitrogens is 1. The standard InChI is InChI=1S/C23H22N4O6S2/c1-3-19(22(29)24-15-8-10-16(11-9-15)35(30,31)27-14(2)28)34-23-25-20(17-6-4-12-32-17)21(26-23)18-7-5-13-33-18/h4-13,19H,3H2,1-2H3,(H,24,29)(H,25,26)(H,27,28). The van der Waals surface area contributed by atoms with Crippen molar-refractivity contribution in [3.05, 3.63) is 61.1 Å². The lowest BCUT2D eigenvalue weighted by Gasteiger charge is -2.13. The molecule has 0 radical (unpaired) electrons. The molecule has 0 bridgehead atoms. The fraction of sp³-hybridized carbons (Fsp3) is 0.174. The monoisotopic (exact) mass is 514 g/mol. The van der Waals surface area contributed by atoms with E-state index < -0.39 is 21.2 Å². The zero-order valence-corrected chi connectivity index (χ0v) is 20.4. The van der Waals surface area contributed by atoms with Crippen molar-refractivity contribution in [2.75, 3.05) is 5.32 Å². The van der Waals surface area contributed by atoms with Gasteiger partial charge in [0, 0.05) is 12.6 Å². The molecule has 182 valence electrons. The summed E-state index contributed by atoms with van der Waals surface area (Å²) in [6.07, 6.45) is 3.62. The molecule has 0 saturated heterocycles. The van der Waals surface area contributed by atoms with Gasteiger partial charge in [-0.3, -0.25) is 9.59 Å². The summed E-state index contributed by atoms with van der Waals surface area (Å²) in [4.78, 5) is 31.8. The molecular formula is C23H22N4O6S2. The molecule has 3 heterocycles. The highest BCUT2D eigenvalue weighted by Gasteiger charge is 2.24. The predicted octanol–water partition coefficient (Wildman–Crippen LogP) is 4.26. The Morgan fingerprint density at radius 1 is 1.06 bits per heavy atom. The number of sulfonamides is 1. The Hall–Kier alpha value is -3.77. The van der Waals surface area contributed by atoms with E-state index >= 15 is 0 Å². The van der Waals surface area contributed by atoms with Gasteiger partial charge in [0.1, 0.15) is 11.4 Å². The fourth-order valence-electron chi connectivity index (χ4n) is 3.24. The first-order chi connectivity index (χ1) is 16.8. The molecular weight excluding hydrogens is 492 g/mol. The highest BCUT2D eigenvalue weighted by atomic mass is 32.2. The number of aromatic amines is 1. The number of benzene rings is 1. The van der Waals surface area contributed by atoms with E-state index in [9.17, 15) is 18.0 Å². The number of nitrogens with one attached hydrogen (secondary N) is 3. The molecule has 0 aliphatic rings. The van der Waals surface area contributed by atoms with Crippen LogP contribution in [0.3, 0.4) is 0 Å². The number of nitrogens with zero attached hydrogens (tertiary/aromatic N) is 1. The summed E-state index contributed by atoms with van der Waals surface area (Å²) in [5.41, 5.74) is 1.63. The molecule has 1 aromatic carbocycles. The minimum atomic E-state index is -3.95. The second-order valence-electron chi connectivity index (χ2n) is 7.41. The minimum absolute atomic E-state index is 0.0846. The van der Waals surface area contributed by atoms with Gasteiger partial charge in [0.25, 0.3) is 10.0 Å². The van der Waals surface area contributed by atoms with Crippen LogP contribution in [0.1, 0.15) is 20.3 Å². The number of imidazole rings is 1. The quantitative estimate of drug-likeness (QED) is 0.281. The highest BCUT2D eigenvalue weighted by Crippen LogP contribution is 2.35. The second kappa shape index (κ2) is 10.2. The number of carbonyl (C=O) groups excluding carboxylic acids is 2. The normalized spacial score (nSPS) is 12.3. The van der Waals surface area contributed by atoms with Gasteiger partial charge >= 0.3 is 0 Å². The smallest absolute Gasteiger partial charge is 0.264 e. The maximum absolute atomic E-state index is 12.9. The summed E-state index contributed by atoms with van der Waals surface area (Å²) < 4.78 is 37.1. The summed E-state index contributed by atoms with van der Waals surface area (Å²) in [6, 6.07) is 12.7. The van der Waals surface area contributed by atoms with Gasteiger partial charge in [-0.2, -0.15) is 0 Å². The molecule has 0 aliphatic carbocycles. The van der Waals surface area contributed by atoms with E-state index in [1.54, 1.807) is 36.8 Å². The number of hydrogen-bond donors (Lipinski definition) is 3. The maximum Gasteiger partial charge on any atom is 0.264 e. The van der Waals surface area contributed by atoms with Gasteiger partial charge in [0.05, 0.1) is 22.7 Å². The van der Waals surface area contributed by atoms with Gasteiger partial charge in [-0.1, -0.05) is 18.7 Å². The van der Waals surface area contributed by atoms with E-state index in [1.807, 2.05) is 11.6 Å². The molecule has 4 rings (SSSR count). The lowest BCUT2D eigenvalue weighted by molar-refractivity contribution is -0.117. The predicted molar refractivity (Wildman–Crippen MR) is 130 cm³/mol. The van der Waals surface area contributed by atoms with Gasteiger partial charge in [-0.15, -0.1) is 0 Å². The number of amides is 2. The first kappa shape index (κ1) is 24.4. The Labute approximate surface area is 205 Å².